The van der Waals surface area contributed by atoms with Gasteiger partial charge < -0.3 is 10.2 Å². The summed E-state index contributed by atoms with van der Waals surface area (Å²) in [7, 11) is 0. The molecule has 0 aliphatic heterocycles. The van der Waals surface area contributed by atoms with Crippen molar-refractivity contribution in [1.82, 2.24) is 4.57 Å². The lowest BCUT2D eigenvalue weighted by Crippen LogP contribution is -2.02. The Bertz CT molecular complexity index is 1100. The summed E-state index contributed by atoms with van der Waals surface area (Å²) in [6, 6.07) is 7.31. The monoisotopic (exact) mass is 513 g/mol. The minimum absolute atomic E-state index is 0.0940. The summed E-state index contributed by atoms with van der Waals surface area (Å²) in [5.74, 6) is 0.188. The molecule has 2 aromatic carbocycles. The number of aromatic nitrogens is 1. The van der Waals surface area contributed by atoms with Crippen LogP contribution in [0.25, 0.3) is 21.5 Å². The van der Waals surface area contributed by atoms with Crippen LogP contribution in [0.5, 0.6) is 11.8 Å². The highest BCUT2D eigenvalue weighted by Gasteiger charge is 2.17. The molecule has 3 nitrogen and oxygen atoms in total. The number of hydrogen-bond donors (Lipinski definition) is 2. The molecule has 0 amide bonds. The normalized spacial score (nSPS) is 11.7. The molecule has 0 atom stereocenters. The van der Waals surface area contributed by atoms with Gasteiger partial charge in [0.25, 0.3) is 0 Å². The lowest BCUT2D eigenvalue weighted by Gasteiger charge is -2.17. The lowest BCUT2D eigenvalue weighted by atomic mass is 10.0. The number of unbranched alkanes of at least 4 members (excludes halogenated alkanes) is 15. The van der Waals surface area contributed by atoms with Crippen LogP contribution in [-0.2, 0) is 6.54 Å². The van der Waals surface area contributed by atoms with Crippen molar-refractivity contribution in [3.63, 3.8) is 0 Å². The summed E-state index contributed by atoms with van der Waals surface area (Å²) in [6.45, 7) is 2.88. The summed E-state index contributed by atoms with van der Waals surface area (Å²) in [5.41, 5.74) is 0. The minimum Gasteiger partial charge on any atom is -0.494 e. The van der Waals surface area contributed by atoms with Crippen LogP contribution in [0, 0.1) is 9.02 Å². The van der Waals surface area contributed by atoms with Gasteiger partial charge >= 0.3 is 0 Å². The fourth-order valence-corrected chi connectivity index (χ4v) is 5.85. The Hall–Kier alpha value is -1.72. The Morgan fingerprint density at radius 1 is 0.543 bits per heavy atom. The van der Waals surface area contributed by atoms with Gasteiger partial charge in [-0.15, -0.1) is 0 Å². The summed E-state index contributed by atoms with van der Waals surface area (Å²) in [4.78, 5) is 0. The number of hydrogen-bond acceptors (Lipinski definition) is 4. The molecular formula is C30H43NO2S2. The molecule has 0 saturated carbocycles. The zero-order valence-corrected chi connectivity index (χ0v) is 23.1. The molecule has 0 radical (unpaired) electrons. The maximum atomic E-state index is 10.9. The van der Waals surface area contributed by atoms with Crippen molar-refractivity contribution >= 4 is 46.0 Å². The van der Waals surface area contributed by atoms with Crippen molar-refractivity contribution in [2.24, 2.45) is 0 Å². The number of nitrogens with zero attached hydrogens (tertiary/aromatic N) is 1. The van der Waals surface area contributed by atoms with Gasteiger partial charge in [0.05, 0.1) is 0 Å². The molecule has 0 saturated heterocycles. The maximum Gasteiger partial charge on any atom is 0.201 e. The second-order valence-corrected chi connectivity index (χ2v) is 11.0. The Labute approximate surface area is 221 Å². The second-order valence-electron chi connectivity index (χ2n) is 10.1. The number of rotatable bonds is 17. The first-order valence-corrected chi connectivity index (χ1v) is 14.7. The van der Waals surface area contributed by atoms with Gasteiger partial charge in [-0.1, -0.05) is 128 Å². The van der Waals surface area contributed by atoms with E-state index in [1.54, 1.807) is 4.57 Å². The molecule has 1 heterocycles. The third-order valence-electron chi connectivity index (χ3n) is 7.31. The average molecular weight is 514 g/mol. The number of pyridine rings is 1. The van der Waals surface area contributed by atoms with E-state index in [4.69, 9.17) is 24.4 Å². The van der Waals surface area contributed by atoms with Gasteiger partial charge in [0.2, 0.25) is 11.8 Å². The van der Waals surface area contributed by atoms with Crippen molar-refractivity contribution < 1.29 is 10.2 Å². The zero-order valence-electron chi connectivity index (χ0n) is 21.5. The molecule has 1 aromatic heterocycles. The molecule has 3 rings (SSSR count). The van der Waals surface area contributed by atoms with Gasteiger partial charge in [-0.05, 0) is 30.7 Å². The van der Waals surface area contributed by atoms with E-state index < -0.39 is 0 Å². The van der Waals surface area contributed by atoms with Gasteiger partial charge in [0.1, 0.15) is 0 Å². The Morgan fingerprint density at radius 2 is 0.914 bits per heavy atom. The van der Waals surface area contributed by atoms with Gasteiger partial charge in [-0.2, -0.15) is 0 Å². The fraction of sp³-hybridized carbons (Fsp3) is 0.600. The van der Waals surface area contributed by atoms with Crippen LogP contribution < -0.4 is 0 Å². The molecule has 0 bridgehead atoms. The van der Waals surface area contributed by atoms with Gasteiger partial charge in [-0.25, -0.2) is 0 Å². The highest BCUT2D eigenvalue weighted by molar-refractivity contribution is 7.72. The standard InChI is InChI=1S/C30H43NO2S2/c1-2-3-4-5-6-7-8-9-10-11-12-13-14-15-16-17-22-31-29(32)23-18-20-25(34)28-26(35)21-19-24(27(23)28)30(31)33/h18-21,32-33H,2-17,22H2,1H3. The van der Waals surface area contributed by atoms with E-state index in [9.17, 15) is 10.2 Å². The summed E-state index contributed by atoms with van der Waals surface area (Å²) >= 11 is 10.9. The first-order valence-electron chi connectivity index (χ1n) is 13.9. The molecule has 2 N–H and O–H groups in total. The van der Waals surface area contributed by atoms with Crippen LogP contribution >= 0.6 is 24.4 Å². The minimum atomic E-state index is 0.0940. The fourth-order valence-electron chi connectivity index (χ4n) is 5.23. The quantitative estimate of drug-likeness (QED) is 0.139. The van der Waals surface area contributed by atoms with Crippen LogP contribution in [0.4, 0.5) is 0 Å². The molecule has 35 heavy (non-hydrogen) atoms. The van der Waals surface area contributed by atoms with Crippen LogP contribution in [0.3, 0.4) is 0 Å². The summed E-state index contributed by atoms with van der Waals surface area (Å²) in [6.07, 6.45) is 21.2. The number of aromatic hydroxyl groups is 2. The molecule has 192 valence electrons. The average Bonchev–Trinajstić information content (AvgIpc) is 2.85. The first kappa shape index (κ1) is 27.9. The topological polar surface area (TPSA) is 45.4 Å². The molecule has 0 unspecified atom stereocenters. The molecule has 3 aromatic rings. The second kappa shape index (κ2) is 14.7. The molecule has 5 heteroatoms. The van der Waals surface area contributed by atoms with Crippen LogP contribution in [0.1, 0.15) is 110 Å². The predicted molar refractivity (Wildman–Crippen MR) is 155 cm³/mol. The third-order valence-corrected chi connectivity index (χ3v) is 7.99. The Kier molecular flexibility index (Phi) is 11.7. The van der Waals surface area contributed by atoms with Crippen molar-refractivity contribution in [3.8, 4) is 11.8 Å². The Morgan fingerprint density at radius 3 is 1.31 bits per heavy atom. The van der Waals surface area contributed by atoms with Crippen molar-refractivity contribution in [3.05, 3.63) is 33.3 Å². The molecule has 0 fully saturated rings. The van der Waals surface area contributed by atoms with Crippen LogP contribution in [0.2, 0.25) is 0 Å². The smallest absolute Gasteiger partial charge is 0.201 e. The van der Waals surface area contributed by atoms with Crippen LogP contribution in [-0.4, -0.2) is 14.8 Å². The molecule has 0 aliphatic carbocycles. The van der Waals surface area contributed by atoms with E-state index in [0.29, 0.717) is 26.3 Å². The van der Waals surface area contributed by atoms with E-state index in [2.05, 4.69) is 6.92 Å². The van der Waals surface area contributed by atoms with E-state index in [0.717, 1.165) is 23.6 Å². The highest BCUT2D eigenvalue weighted by Crippen LogP contribution is 2.40. The van der Waals surface area contributed by atoms with Crippen molar-refractivity contribution in [2.75, 3.05) is 0 Å². The van der Waals surface area contributed by atoms with E-state index in [1.165, 1.54) is 89.9 Å². The van der Waals surface area contributed by atoms with Gasteiger partial charge in [-0.3, -0.25) is 4.57 Å². The summed E-state index contributed by atoms with van der Waals surface area (Å²) < 4.78 is 2.94. The van der Waals surface area contributed by atoms with E-state index in [-0.39, 0.29) is 11.8 Å². The lowest BCUT2D eigenvalue weighted by molar-refractivity contribution is 0.358. The first-order chi connectivity index (χ1) is 17.1. The maximum absolute atomic E-state index is 10.9. The van der Waals surface area contributed by atoms with Gasteiger partial charge in [0.15, 0.2) is 0 Å². The molecule has 0 spiro atoms. The van der Waals surface area contributed by atoms with Gasteiger partial charge in [0, 0.05) is 37.1 Å². The molecular weight excluding hydrogens is 470 g/mol. The van der Waals surface area contributed by atoms with E-state index in [1.807, 2.05) is 24.3 Å². The molecule has 0 aliphatic rings. The summed E-state index contributed by atoms with van der Waals surface area (Å²) in [5, 5.41) is 24.7. The van der Waals surface area contributed by atoms with Crippen molar-refractivity contribution in [1.29, 1.82) is 0 Å². The Balaban J connectivity index is 1.35. The largest absolute Gasteiger partial charge is 0.494 e. The highest BCUT2D eigenvalue weighted by atomic mass is 32.1. The van der Waals surface area contributed by atoms with Crippen molar-refractivity contribution in [2.45, 2.75) is 116 Å². The zero-order chi connectivity index (χ0) is 25.0. The SMILES string of the molecule is CCCCCCCCCCCCCCCCCCn1c(O)c2ccc(=S)c3c(=S)ccc(c1O)c23. The predicted octanol–water partition coefficient (Wildman–Crippen LogP) is 10.4. The third kappa shape index (κ3) is 7.63. The van der Waals surface area contributed by atoms with E-state index >= 15 is 0 Å². The number of benzene rings is 2. The van der Waals surface area contributed by atoms with Crippen LogP contribution in [0.15, 0.2) is 24.3 Å².